The largest absolute Gasteiger partial charge is 0.755 e. The first-order valence-electron chi connectivity index (χ1n) is 11.0. The third-order valence-electron chi connectivity index (χ3n) is 5.49. The number of nitro groups is 1. The fourth-order valence-corrected chi connectivity index (χ4v) is 4.35. The van der Waals surface area contributed by atoms with Gasteiger partial charge in [-0.15, -0.1) is 0 Å². The van der Waals surface area contributed by atoms with Crippen molar-refractivity contribution in [2.24, 2.45) is 0 Å². The summed E-state index contributed by atoms with van der Waals surface area (Å²) in [6, 6.07) is 24.2. The predicted octanol–water partition coefficient (Wildman–Crippen LogP) is 6.08. The number of hydrogen-bond acceptors (Lipinski definition) is 7. The second-order valence-corrected chi connectivity index (χ2v) is 8.72. The number of esters is 1. The van der Waals surface area contributed by atoms with Crippen LogP contribution in [-0.2, 0) is 16.0 Å². The number of methoxy groups -OCH3 is 1. The van der Waals surface area contributed by atoms with Crippen molar-refractivity contribution >= 4 is 34.3 Å². The quantitative estimate of drug-likeness (QED) is 0.120. The van der Waals surface area contributed by atoms with Gasteiger partial charge in [0.2, 0.25) is 0 Å². The van der Waals surface area contributed by atoms with Crippen LogP contribution in [0.2, 0.25) is 0 Å². The highest BCUT2D eigenvalue weighted by Crippen LogP contribution is 2.37. The van der Waals surface area contributed by atoms with Gasteiger partial charge in [0.15, 0.2) is 0 Å². The van der Waals surface area contributed by atoms with Crippen LogP contribution in [-0.4, -0.2) is 26.8 Å². The van der Waals surface area contributed by atoms with E-state index in [0.717, 1.165) is 9.87 Å². The van der Waals surface area contributed by atoms with Gasteiger partial charge in [-0.3, -0.25) is 18.6 Å². The fourth-order valence-electron chi connectivity index (χ4n) is 3.74. The van der Waals surface area contributed by atoms with Crippen molar-refractivity contribution in [3.8, 4) is 22.6 Å². The van der Waals surface area contributed by atoms with Crippen molar-refractivity contribution in [2.75, 3.05) is 11.4 Å². The van der Waals surface area contributed by atoms with Crippen molar-refractivity contribution in [1.82, 2.24) is 0 Å². The zero-order valence-electron chi connectivity index (χ0n) is 19.8. The monoisotopic (exact) mass is 517 g/mol. The second-order valence-electron chi connectivity index (χ2n) is 7.92. The van der Waals surface area contributed by atoms with E-state index in [-0.39, 0.29) is 28.4 Å². The van der Waals surface area contributed by atoms with E-state index in [1.54, 1.807) is 54.6 Å². The number of nitro benzene ring substituents is 1. The molecule has 4 rings (SSSR count). The van der Waals surface area contributed by atoms with Gasteiger partial charge in [-0.05, 0) is 55.0 Å². The van der Waals surface area contributed by atoms with Crippen LogP contribution in [0.3, 0.4) is 0 Å². The minimum atomic E-state index is -2.75. The summed E-state index contributed by atoms with van der Waals surface area (Å²) in [6.45, 7) is 1.87. The average molecular weight is 518 g/mol. The van der Waals surface area contributed by atoms with Gasteiger partial charge < -0.3 is 14.0 Å². The number of hydrogen-bond donors (Lipinski definition) is 0. The van der Waals surface area contributed by atoms with Crippen molar-refractivity contribution in [1.29, 1.82) is 0 Å². The smallest absolute Gasteiger partial charge is 0.340 e. The van der Waals surface area contributed by atoms with Crippen molar-refractivity contribution < 1.29 is 28.0 Å². The molecule has 0 aliphatic carbocycles. The summed E-state index contributed by atoms with van der Waals surface area (Å²) >= 11 is -2.75. The maximum atomic E-state index is 12.6. The standard InChI is InChI=1S/C27H22N2O7S/c1-18-8-10-20(11-9-18)28(37(33)34)25-14-12-22(17-24(25)27(30)35-2)36-21-13-15-26(29(31)32)23(16-21)19-6-4-3-5-7-19/h3-17H,1-2H3,(H,33,34)/p-1. The van der Waals surface area contributed by atoms with E-state index in [1.165, 1.54) is 43.5 Å². The van der Waals surface area contributed by atoms with E-state index in [2.05, 4.69) is 0 Å². The van der Waals surface area contributed by atoms with E-state index in [1.807, 2.05) is 6.92 Å². The van der Waals surface area contributed by atoms with Crippen LogP contribution in [0.5, 0.6) is 11.5 Å². The molecule has 1 unspecified atom stereocenters. The van der Waals surface area contributed by atoms with Crippen LogP contribution in [0, 0.1) is 17.0 Å². The number of rotatable bonds is 8. The lowest BCUT2D eigenvalue weighted by Crippen LogP contribution is -2.22. The second kappa shape index (κ2) is 11.0. The topological polar surface area (TPSA) is 122 Å². The van der Waals surface area contributed by atoms with Gasteiger partial charge in [-0.1, -0.05) is 48.0 Å². The lowest BCUT2D eigenvalue weighted by molar-refractivity contribution is -0.384. The van der Waals surface area contributed by atoms with Gasteiger partial charge in [-0.2, -0.15) is 0 Å². The van der Waals surface area contributed by atoms with E-state index >= 15 is 0 Å². The lowest BCUT2D eigenvalue weighted by atomic mass is 10.0. The molecular formula is C27H21N2O7S-. The molecule has 0 amide bonds. The van der Waals surface area contributed by atoms with E-state index in [4.69, 9.17) is 9.47 Å². The molecule has 0 aliphatic heterocycles. The van der Waals surface area contributed by atoms with E-state index in [9.17, 15) is 23.7 Å². The Kier molecular flexibility index (Phi) is 7.61. The molecule has 0 N–H and O–H groups in total. The molecule has 0 saturated heterocycles. The first-order chi connectivity index (χ1) is 17.8. The Morgan fingerprint density at radius 3 is 2.19 bits per heavy atom. The number of nitrogens with zero attached hydrogens (tertiary/aromatic N) is 2. The molecule has 0 fully saturated rings. The maximum Gasteiger partial charge on any atom is 0.340 e. The molecule has 9 nitrogen and oxygen atoms in total. The Hall–Kier alpha value is -4.54. The Labute approximate surface area is 215 Å². The molecule has 0 radical (unpaired) electrons. The van der Waals surface area contributed by atoms with Crippen LogP contribution in [0.15, 0.2) is 91.0 Å². The summed E-state index contributed by atoms with van der Waals surface area (Å²) in [5.41, 5.74) is 2.21. The Morgan fingerprint density at radius 1 is 0.919 bits per heavy atom. The molecular weight excluding hydrogens is 496 g/mol. The highest BCUT2D eigenvalue weighted by molar-refractivity contribution is 7.81. The van der Waals surface area contributed by atoms with Crippen molar-refractivity contribution in [3.63, 3.8) is 0 Å². The van der Waals surface area contributed by atoms with Gasteiger partial charge >= 0.3 is 5.97 Å². The van der Waals surface area contributed by atoms with Crippen molar-refractivity contribution in [3.05, 3.63) is 112 Å². The lowest BCUT2D eigenvalue weighted by Gasteiger charge is -2.28. The molecule has 37 heavy (non-hydrogen) atoms. The number of carbonyl (C=O) groups is 1. The molecule has 0 spiro atoms. The Balaban J connectivity index is 1.75. The number of aryl methyl sites for hydroxylation is 1. The molecule has 4 aromatic carbocycles. The Morgan fingerprint density at radius 2 is 1.57 bits per heavy atom. The Bertz CT molecular complexity index is 1470. The molecule has 0 aromatic heterocycles. The molecule has 0 aliphatic rings. The van der Waals surface area contributed by atoms with Gasteiger partial charge in [0.25, 0.3) is 5.69 Å². The highest BCUT2D eigenvalue weighted by atomic mass is 32.2. The van der Waals surface area contributed by atoms with Crippen LogP contribution < -0.4 is 9.04 Å². The third-order valence-corrected chi connectivity index (χ3v) is 6.20. The minimum Gasteiger partial charge on any atom is -0.755 e. The number of anilines is 2. The summed E-state index contributed by atoms with van der Waals surface area (Å²) < 4.78 is 36.1. The van der Waals surface area contributed by atoms with E-state index in [0.29, 0.717) is 16.8 Å². The molecule has 0 bridgehead atoms. The summed E-state index contributed by atoms with van der Waals surface area (Å²) in [6.07, 6.45) is 0. The molecule has 0 saturated carbocycles. The van der Waals surface area contributed by atoms with Crippen molar-refractivity contribution in [2.45, 2.75) is 6.92 Å². The summed E-state index contributed by atoms with van der Waals surface area (Å²) in [4.78, 5) is 23.7. The molecule has 4 aromatic rings. The first-order valence-corrected chi connectivity index (χ1v) is 12.0. The third kappa shape index (κ3) is 5.66. The van der Waals surface area contributed by atoms with Gasteiger partial charge in [0.05, 0.1) is 45.8 Å². The summed E-state index contributed by atoms with van der Waals surface area (Å²) in [5, 5.41) is 11.6. The summed E-state index contributed by atoms with van der Waals surface area (Å²) in [5.74, 6) is -0.273. The molecule has 0 heterocycles. The predicted molar refractivity (Wildman–Crippen MR) is 139 cm³/mol. The summed E-state index contributed by atoms with van der Waals surface area (Å²) in [7, 11) is 1.19. The zero-order valence-corrected chi connectivity index (χ0v) is 20.6. The van der Waals surface area contributed by atoms with Gasteiger partial charge in [-0.25, -0.2) is 4.79 Å². The molecule has 1 atom stereocenters. The van der Waals surface area contributed by atoms with Crippen LogP contribution >= 0.6 is 0 Å². The SMILES string of the molecule is COC(=O)c1cc(Oc2ccc([N+](=O)[O-])c(-c3ccccc3)c2)ccc1N(c1ccc(C)cc1)S(=O)[O-]. The highest BCUT2D eigenvalue weighted by Gasteiger charge is 2.22. The maximum absolute atomic E-state index is 12.6. The normalized spacial score (nSPS) is 11.4. The zero-order chi connectivity index (χ0) is 26.5. The van der Waals surface area contributed by atoms with Gasteiger partial charge in [0, 0.05) is 6.07 Å². The number of benzene rings is 4. The molecule has 188 valence electrons. The molecule has 10 heteroatoms. The number of carbonyl (C=O) groups excluding carboxylic acids is 1. The van der Waals surface area contributed by atoms with Crippen LogP contribution in [0.25, 0.3) is 11.1 Å². The average Bonchev–Trinajstić information content (AvgIpc) is 2.90. The fraction of sp³-hybridized carbons (Fsp3) is 0.0741. The van der Waals surface area contributed by atoms with Crippen LogP contribution in [0.4, 0.5) is 17.1 Å². The minimum absolute atomic E-state index is 0.0463. The van der Waals surface area contributed by atoms with Crippen LogP contribution in [0.1, 0.15) is 15.9 Å². The van der Waals surface area contributed by atoms with E-state index < -0.39 is 22.2 Å². The first kappa shape index (κ1) is 25.5. The van der Waals surface area contributed by atoms with Gasteiger partial charge in [0.1, 0.15) is 11.5 Å². The number of ether oxygens (including phenoxy) is 2.